The predicted molar refractivity (Wildman–Crippen MR) is 125 cm³/mol. The summed E-state index contributed by atoms with van der Waals surface area (Å²) in [6.45, 7) is 1.99. The van der Waals surface area contributed by atoms with Gasteiger partial charge in [0.25, 0.3) is 5.91 Å². The Labute approximate surface area is 190 Å². The summed E-state index contributed by atoms with van der Waals surface area (Å²) < 4.78 is 6.09. The Bertz CT molecular complexity index is 1140. The molecular formula is C25H23BrN2O3. The van der Waals surface area contributed by atoms with Gasteiger partial charge in [0, 0.05) is 17.1 Å². The van der Waals surface area contributed by atoms with Crippen molar-refractivity contribution in [2.75, 3.05) is 19.5 Å². The second-order valence-corrected chi connectivity index (χ2v) is 8.53. The fraction of sp³-hybridized carbons (Fsp3) is 0.200. The van der Waals surface area contributed by atoms with Crippen LogP contribution in [0.3, 0.4) is 0 Å². The van der Waals surface area contributed by atoms with Crippen LogP contribution in [0.5, 0.6) is 5.75 Å². The van der Waals surface area contributed by atoms with Crippen LogP contribution in [0.15, 0.2) is 71.2 Å². The average Bonchev–Trinajstić information content (AvgIpc) is 2.78. The number of methoxy groups -OCH3 is 1. The van der Waals surface area contributed by atoms with E-state index in [0.29, 0.717) is 11.3 Å². The van der Waals surface area contributed by atoms with Gasteiger partial charge in [-0.2, -0.15) is 0 Å². The molecule has 3 aromatic rings. The molecule has 0 aromatic heterocycles. The van der Waals surface area contributed by atoms with Crippen molar-refractivity contribution in [1.82, 2.24) is 4.90 Å². The summed E-state index contributed by atoms with van der Waals surface area (Å²) in [7, 11) is 3.35. The van der Waals surface area contributed by atoms with E-state index in [1.54, 1.807) is 25.1 Å². The molecule has 0 unspecified atom stereocenters. The van der Waals surface area contributed by atoms with Gasteiger partial charge < -0.3 is 15.0 Å². The van der Waals surface area contributed by atoms with E-state index >= 15 is 0 Å². The number of anilines is 1. The molecule has 2 atom stereocenters. The van der Waals surface area contributed by atoms with Crippen LogP contribution >= 0.6 is 15.9 Å². The number of nitrogens with zero attached hydrogens (tertiary/aromatic N) is 1. The Balaban J connectivity index is 1.79. The van der Waals surface area contributed by atoms with Crippen molar-refractivity contribution in [3.05, 3.63) is 93.5 Å². The normalized spacial score (nSPS) is 17.8. The summed E-state index contributed by atoms with van der Waals surface area (Å²) in [5.74, 6) is -0.117. The molecule has 0 spiro atoms. The Morgan fingerprint density at radius 3 is 2.45 bits per heavy atom. The summed E-state index contributed by atoms with van der Waals surface area (Å²) in [5, 5.41) is 3.06. The molecule has 5 nitrogen and oxygen atoms in total. The SMILES string of the molecule is COc1ccc([C@@H]2[C@H](C(=O)Nc3ccc(C)cc3Br)c3ccccc3C(=O)N2C)cc1. The first-order valence-corrected chi connectivity index (χ1v) is 10.8. The molecule has 1 aliphatic heterocycles. The van der Waals surface area contributed by atoms with Gasteiger partial charge in [-0.3, -0.25) is 9.59 Å². The monoisotopic (exact) mass is 478 g/mol. The smallest absolute Gasteiger partial charge is 0.254 e. The molecule has 0 saturated heterocycles. The minimum absolute atomic E-state index is 0.100. The number of nitrogens with one attached hydrogen (secondary N) is 1. The first kappa shape index (κ1) is 21.1. The van der Waals surface area contributed by atoms with Gasteiger partial charge in [0.1, 0.15) is 5.75 Å². The maximum Gasteiger partial charge on any atom is 0.254 e. The van der Waals surface area contributed by atoms with Crippen molar-refractivity contribution in [3.8, 4) is 5.75 Å². The highest BCUT2D eigenvalue weighted by molar-refractivity contribution is 9.10. The molecule has 0 bridgehead atoms. The molecule has 31 heavy (non-hydrogen) atoms. The molecule has 1 N–H and O–H groups in total. The Hall–Kier alpha value is -3.12. The van der Waals surface area contributed by atoms with Crippen molar-refractivity contribution in [2.45, 2.75) is 18.9 Å². The highest BCUT2D eigenvalue weighted by Gasteiger charge is 2.42. The van der Waals surface area contributed by atoms with E-state index < -0.39 is 12.0 Å². The van der Waals surface area contributed by atoms with Crippen LogP contribution in [-0.4, -0.2) is 30.9 Å². The van der Waals surface area contributed by atoms with E-state index in [4.69, 9.17) is 4.74 Å². The van der Waals surface area contributed by atoms with Gasteiger partial charge in [-0.05, 0) is 69.9 Å². The molecule has 1 heterocycles. The summed E-state index contributed by atoms with van der Waals surface area (Å²) >= 11 is 3.54. The topological polar surface area (TPSA) is 58.6 Å². The second-order valence-electron chi connectivity index (χ2n) is 7.67. The lowest BCUT2D eigenvalue weighted by Gasteiger charge is -2.39. The van der Waals surface area contributed by atoms with Gasteiger partial charge in [0.15, 0.2) is 0 Å². The third-order valence-electron chi connectivity index (χ3n) is 5.70. The number of halogens is 1. The Kier molecular flexibility index (Phi) is 5.83. The molecule has 4 rings (SSSR count). The standard InChI is InChI=1S/C25H23BrN2O3/c1-15-8-13-21(20(26)14-15)27-24(29)22-18-6-4-5-7-19(18)25(30)28(2)23(22)16-9-11-17(31-3)12-10-16/h4-14,22-23H,1-3H3,(H,27,29)/t22-,23-/m1/s1. The van der Waals surface area contributed by atoms with Gasteiger partial charge in [-0.1, -0.05) is 36.4 Å². The highest BCUT2D eigenvalue weighted by atomic mass is 79.9. The fourth-order valence-electron chi connectivity index (χ4n) is 4.11. The molecule has 0 aliphatic carbocycles. The highest BCUT2D eigenvalue weighted by Crippen LogP contribution is 2.43. The van der Waals surface area contributed by atoms with Crippen molar-refractivity contribution < 1.29 is 14.3 Å². The average molecular weight is 479 g/mol. The van der Waals surface area contributed by atoms with Gasteiger partial charge in [-0.25, -0.2) is 0 Å². The van der Waals surface area contributed by atoms with Crippen LogP contribution in [0.4, 0.5) is 5.69 Å². The number of carbonyl (C=O) groups is 2. The quantitative estimate of drug-likeness (QED) is 0.552. The summed E-state index contributed by atoms with van der Waals surface area (Å²) in [4.78, 5) is 28.4. The van der Waals surface area contributed by atoms with Crippen LogP contribution in [0.1, 0.15) is 39.0 Å². The molecule has 3 aromatic carbocycles. The van der Waals surface area contributed by atoms with Gasteiger partial charge in [0.05, 0.1) is 24.8 Å². The summed E-state index contributed by atoms with van der Waals surface area (Å²) in [6.07, 6.45) is 0. The third-order valence-corrected chi connectivity index (χ3v) is 6.36. The minimum atomic E-state index is -0.569. The van der Waals surface area contributed by atoms with E-state index in [0.717, 1.165) is 26.9 Å². The van der Waals surface area contributed by atoms with Crippen LogP contribution < -0.4 is 10.1 Å². The van der Waals surface area contributed by atoms with Gasteiger partial charge in [0.2, 0.25) is 5.91 Å². The number of rotatable bonds is 4. The van der Waals surface area contributed by atoms with E-state index in [-0.39, 0.29) is 11.8 Å². The van der Waals surface area contributed by atoms with Gasteiger partial charge in [-0.15, -0.1) is 0 Å². The lowest BCUT2D eigenvalue weighted by atomic mass is 9.79. The maximum atomic E-state index is 13.6. The van der Waals surface area contributed by atoms with E-state index in [1.165, 1.54) is 0 Å². The van der Waals surface area contributed by atoms with Crippen LogP contribution in [-0.2, 0) is 4.79 Å². The number of ether oxygens (including phenoxy) is 1. The van der Waals surface area contributed by atoms with Crippen molar-refractivity contribution in [2.24, 2.45) is 0 Å². The Morgan fingerprint density at radius 1 is 1.06 bits per heavy atom. The predicted octanol–water partition coefficient (Wildman–Crippen LogP) is 5.32. The summed E-state index contributed by atoms with van der Waals surface area (Å²) in [5.41, 5.74) is 3.94. The molecule has 0 fully saturated rings. The molecule has 158 valence electrons. The summed E-state index contributed by atoms with van der Waals surface area (Å²) in [6, 6.07) is 20.2. The Morgan fingerprint density at radius 2 is 1.77 bits per heavy atom. The number of aryl methyl sites for hydroxylation is 1. The molecule has 2 amide bonds. The number of likely N-dealkylation sites (N-methyl/N-ethyl adjacent to an activating group) is 1. The van der Waals surface area contributed by atoms with Crippen LogP contribution in [0.25, 0.3) is 0 Å². The molecular weight excluding hydrogens is 456 g/mol. The molecule has 6 heteroatoms. The van der Waals surface area contributed by atoms with Crippen molar-refractivity contribution in [1.29, 1.82) is 0 Å². The first-order chi connectivity index (χ1) is 14.9. The molecule has 1 aliphatic rings. The van der Waals surface area contributed by atoms with Crippen LogP contribution in [0, 0.1) is 6.92 Å². The molecule has 0 saturated carbocycles. The fourth-order valence-corrected chi connectivity index (χ4v) is 4.70. The zero-order valence-corrected chi connectivity index (χ0v) is 19.1. The second kappa shape index (κ2) is 8.55. The zero-order valence-electron chi connectivity index (χ0n) is 17.6. The van der Waals surface area contributed by atoms with E-state index in [1.807, 2.05) is 67.6 Å². The first-order valence-electron chi connectivity index (χ1n) is 9.97. The lowest BCUT2D eigenvalue weighted by Crippen LogP contribution is -2.44. The number of fused-ring (bicyclic) bond motifs is 1. The van der Waals surface area contributed by atoms with E-state index in [9.17, 15) is 9.59 Å². The van der Waals surface area contributed by atoms with Crippen molar-refractivity contribution >= 4 is 33.4 Å². The zero-order chi connectivity index (χ0) is 22.1. The number of hydrogen-bond donors (Lipinski definition) is 1. The largest absolute Gasteiger partial charge is 0.497 e. The lowest BCUT2D eigenvalue weighted by molar-refractivity contribution is -0.119. The third kappa shape index (κ3) is 3.95. The number of benzene rings is 3. The maximum absolute atomic E-state index is 13.6. The number of amides is 2. The minimum Gasteiger partial charge on any atom is -0.497 e. The van der Waals surface area contributed by atoms with Crippen LogP contribution in [0.2, 0.25) is 0 Å². The van der Waals surface area contributed by atoms with E-state index in [2.05, 4.69) is 21.2 Å². The number of hydrogen-bond acceptors (Lipinski definition) is 3. The van der Waals surface area contributed by atoms with Crippen molar-refractivity contribution in [3.63, 3.8) is 0 Å². The van der Waals surface area contributed by atoms with Gasteiger partial charge >= 0.3 is 0 Å². The molecule has 0 radical (unpaired) electrons. The number of carbonyl (C=O) groups excluding carboxylic acids is 2.